The normalized spacial score (nSPS) is 18.2. The van der Waals surface area contributed by atoms with Crippen molar-refractivity contribution in [1.29, 1.82) is 0 Å². The number of nitrogens with one attached hydrogen (secondary N) is 2. The van der Waals surface area contributed by atoms with E-state index in [2.05, 4.69) is 22.2 Å². The molecule has 1 aliphatic carbocycles. The van der Waals surface area contributed by atoms with Crippen molar-refractivity contribution < 1.29 is 19.7 Å². The number of nitrogens with zero attached hydrogens (tertiary/aromatic N) is 3. The number of fused-ring (bicyclic) bond motifs is 2. The van der Waals surface area contributed by atoms with Crippen LogP contribution in [-0.4, -0.2) is 39.2 Å². The zero-order valence-corrected chi connectivity index (χ0v) is 21.3. The molecule has 3 aromatic rings. The molecule has 1 fully saturated rings. The van der Waals surface area contributed by atoms with Gasteiger partial charge in [-0.3, -0.25) is 9.78 Å². The lowest BCUT2D eigenvalue weighted by Gasteiger charge is -2.36. The van der Waals surface area contributed by atoms with Gasteiger partial charge in [0.25, 0.3) is 5.91 Å². The molecule has 1 unspecified atom stereocenters. The average Bonchev–Trinajstić information content (AvgIpc) is 3.76. The molecule has 1 atom stereocenters. The van der Waals surface area contributed by atoms with Gasteiger partial charge in [0.05, 0.1) is 30.2 Å². The maximum absolute atomic E-state index is 12.6. The van der Waals surface area contributed by atoms with E-state index in [1.54, 1.807) is 18.3 Å². The molecule has 1 saturated carbocycles. The van der Waals surface area contributed by atoms with Gasteiger partial charge in [0.2, 0.25) is 0 Å². The second kappa shape index (κ2) is 9.64. The number of aliphatic hydroxyl groups excluding tert-OH is 1. The van der Waals surface area contributed by atoms with Gasteiger partial charge in [-0.15, -0.1) is 0 Å². The van der Waals surface area contributed by atoms with E-state index in [0.717, 1.165) is 65.2 Å². The van der Waals surface area contributed by atoms with E-state index in [1.807, 2.05) is 30.0 Å². The van der Waals surface area contributed by atoms with Crippen LogP contribution >= 0.6 is 0 Å². The van der Waals surface area contributed by atoms with Crippen LogP contribution in [0.2, 0.25) is 0 Å². The highest BCUT2D eigenvalue weighted by Gasteiger charge is 2.34. The zero-order chi connectivity index (χ0) is 26.4. The molecule has 196 valence electrons. The summed E-state index contributed by atoms with van der Waals surface area (Å²) in [4.78, 5) is 23.8. The van der Waals surface area contributed by atoms with Crippen molar-refractivity contribution in [2.24, 2.45) is 0 Å². The second-order valence-corrected chi connectivity index (χ2v) is 10.1. The van der Waals surface area contributed by atoms with Crippen molar-refractivity contribution in [2.75, 3.05) is 23.4 Å². The van der Waals surface area contributed by atoms with Crippen molar-refractivity contribution in [3.05, 3.63) is 82.7 Å². The molecule has 9 heteroatoms. The molecule has 1 aromatic carbocycles. The van der Waals surface area contributed by atoms with Crippen LogP contribution in [0, 0.1) is 6.92 Å². The van der Waals surface area contributed by atoms with Crippen LogP contribution in [0.25, 0.3) is 0 Å². The summed E-state index contributed by atoms with van der Waals surface area (Å²) in [7, 11) is 0. The van der Waals surface area contributed by atoms with E-state index in [0.29, 0.717) is 29.7 Å². The monoisotopic (exact) mass is 513 g/mol. The third-order valence-corrected chi connectivity index (χ3v) is 7.42. The highest BCUT2D eigenvalue weighted by molar-refractivity contribution is 5.94. The minimum absolute atomic E-state index is 0.133. The quantitative estimate of drug-likeness (QED) is 0.390. The number of aromatic nitrogens is 2. The van der Waals surface area contributed by atoms with Gasteiger partial charge in [-0.25, -0.2) is 4.98 Å². The van der Waals surface area contributed by atoms with Crippen LogP contribution < -0.4 is 20.3 Å². The van der Waals surface area contributed by atoms with Gasteiger partial charge in [0, 0.05) is 36.0 Å². The fraction of sp³-hybridized carbons (Fsp3) is 0.345. The van der Waals surface area contributed by atoms with Crippen LogP contribution in [0.3, 0.4) is 0 Å². The van der Waals surface area contributed by atoms with Crippen molar-refractivity contribution in [3.63, 3.8) is 0 Å². The maximum atomic E-state index is 12.6. The Morgan fingerprint density at radius 2 is 2.11 bits per heavy atom. The minimum Gasteiger partial charge on any atom is -0.506 e. The lowest BCUT2D eigenvalue weighted by molar-refractivity contribution is 0.0939. The number of aliphatic hydroxyl groups is 1. The predicted molar refractivity (Wildman–Crippen MR) is 143 cm³/mol. The number of carbonyl (C=O) groups is 1. The number of phenolic OH excluding ortho intramolecular Hbond substituents is 1. The third kappa shape index (κ3) is 4.43. The summed E-state index contributed by atoms with van der Waals surface area (Å²) < 4.78 is 6.41. The van der Waals surface area contributed by atoms with Crippen LogP contribution in [-0.2, 0) is 13.0 Å². The van der Waals surface area contributed by atoms with E-state index in [1.165, 1.54) is 0 Å². The lowest BCUT2D eigenvalue weighted by Crippen LogP contribution is -2.33. The molecule has 4 heterocycles. The van der Waals surface area contributed by atoms with Crippen molar-refractivity contribution >= 4 is 17.3 Å². The first-order chi connectivity index (χ1) is 18.4. The molecule has 0 spiro atoms. The number of hydrogen-bond acceptors (Lipinski definition) is 8. The van der Waals surface area contributed by atoms with Gasteiger partial charge >= 0.3 is 0 Å². The second-order valence-electron chi connectivity index (χ2n) is 10.1. The Labute approximate surface area is 221 Å². The largest absolute Gasteiger partial charge is 0.506 e. The Balaban J connectivity index is 1.32. The van der Waals surface area contributed by atoms with Crippen LogP contribution in [0.1, 0.15) is 69.9 Å². The van der Waals surface area contributed by atoms with E-state index in [-0.39, 0.29) is 30.9 Å². The molecule has 38 heavy (non-hydrogen) atoms. The number of ether oxygens (including phenoxy) is 1. The molecule has 2 aromatic heterocycles. The molecule has 0 saturated heterocycles. The molecular formula is C29H31N5O4. The fourth-order valence-corrected chi connectivity index (χ4v) is 5.30. The topological polar surface area (TPSA) is 120 Å². The molecule has 2 aliphatic heterocycles. The summed E-state index contributed by atoms with van der Waals surface area (Å²) in [5.74, 6) is 1.45. The number of rotatable bonds is 6. The number of anilines is 2. The highest BCUT2D eigenvalue weighted by Crippen LogP contribution is 2.47. The van der Waals surface area contributed by atoms with Gasteiger partial charge < -0.3 is 30.5 Å². The van der Waals surface area contributed by atoms with Gasteiger partial charge in [0.15, 0.2) is 0 Å². The summed E-state index contributed by atoms with van der Waals surface area (Å²) in [6.07, 6.45) is 5.26. The summed E-state index contributed by atoms with van der Waals surface area (Å²) in [5.41, 5.74) is 6.56. The predicted octanol–water partition coefficient (Wildman–Crippen LogP) is 4.06. The van der Waals surface area contributed by atoms with Crippen LogP contribution in [0.15, 0.2) is 48.9 Å². The minimum atomic E-state index is -0.319. The number of aromatic hydroxyl groups is 1. The SMILES string of the molecule is C=C1Nc2cc(C(=O)NCCO)nc(C3CC3)c2CN1c1cc2c(cc1O)CCC(c1ncccc1C)O2. The summed E-state index contributed by atoms with van der Waals surface area (Å²) in [5, 5.41) is 26.1. The Morgan fingerprint density at radius 3 is 2.87 bits per heavy atom. The molecule has 0 bridgehead atoms. The zero-order valence-electron chi connectivity index (χ0n) is 21.3. The standard InChI is InChI=1S/C29H31N5O4/c1-16-4-3-9-30-27(16)25-8-7-19-12-24(36)23(14-26(19)38-25)34-15-20-21(32-17(34)2)13-22(29(37)31-10-11-35)33-28(20)18-5-6-18/h3-4,9,12-14,18,25,32,35-36H,2,5-8,10-11,15H2,1H3,(H,31,37). The first kappa shape index (κ1) is 24.2. The van der Waals surface area contributed by atoms with E-state index >= 15 is 0 Å². The number of benzene rings is 1. The summed E-state index contributed by atoms with van der Waals surface area (Å²) >= 11 is 0. The maximum Gasteiger partial charge on any atom is 0.270 e. The Hall–Kier alpha value is -4.11. The fourth-order valence-electron chi connectivity index (χ4n) is 5.30. The van der Waals surface area contributed by atoms with Gasteiger partial charge in [-0.05, 0) is 61.9 Å². The number of aryl methyl sites for hydroxylation is 2. The van der Waals surface area contributed by atoms with Crippen molar-refractivity contribution in [3.8, 4) is 11.5 Å². The number of amides is 1. The number of carbonyl (C=O) groups excluding carboxylic acids is 1. The van der Waals surface area contributed by atoms with E-state index < -0.39 is 0 Å². The van der Waals surface area contributed by atoms with E-state index in [4.69, 9.17) is 14.8 Å². The Morgan fingerprint density at radius 1 is 1.26 bits per heavy atom. The summed E-state index contributed by atoms with van der Waals surface area (Å²) in [6, 6.07) is 9.36. The van der Waals surface area contributed by atoms with Crippen molar-refractivity contribution in [1.82, 2.24) is 15.3 Å². The van der Waals surface area contributed by atoms with E-state index in [9.17, 15) is 9.90 Å². The molecule has 0 radical (unpaired) electrons. The first-order valence-corrected chi connectivity index (χ1v) is 13.0. The Bertz CT molecular complexity index is 1430. The first-order valence-electron chi connectivity index (χ1n) is 13.0. The number of hydrogen-bond donors (Lipinski definition) is 4. The highest BCUT2D eigenvalue weighted by atomic mass is 16.5. The Kier molecular flexibility index (Phi) is 6.15. The molecule has 9 nitrogen and oxygen atoms in total. The van der Waals surface area contributed by atoms with Crippen LogP contribution in [0.4, 0.5) is 11.4 Å². The number of phenols is 1. The average molecular weight is 514 g/mol. The molecule has 4 N–H and O–H groups in total. The lowest BCUT2D eigenvalue weighted by atomic mass is 9.97. The van der Waals surface area contributed by atoms with Gasteiger partial charge in [0.1, 0.15) is 29.1 Å². The van der Waals surface area contributed by atoms with Gasteiger partial charge in [-0.1, -0.05) is 12.6 Å². The van der Waals surface area contributed by atoms with Gasteiger partial charge in [-0.2, -0.15) is 0 Å². The molecule has 6 rings (SSSR count). The molecule has 1 amide bonds. The van der Waals surface area contributed by atoms with Crippen molar-refractivity contribution in [2.45, 2.75) is 51.2 Å². The molecule has 3 aliphatic rings. The summed E-state index contributed by atoms with van der Waals surface area (Å²) in [6.45, 7) is 6.74. The third-order valence-electron chi connectivity index (χ3n) is 7.42. The molecular weight excluding hydrogens is 482 g/mol. The van der Waals surface area contributed by atoms with Crippen LogP contribution in [0.5, 0.6) is 11.5 Å². The number of pyridine rings is 2. The smallest absolute Gasteiger partial charge is 0.270 e.